The van der Waals surface area contributed by atoms with Crippen molar-refractivity contribution in [1.29, 1.82) is 0 Å². The first kappa shape index (κ1) is 17.2. The van der Waals surface area contributed by atoms with Crippen molar-refractivity contribution in [2.24, 2.45) is 0 Å². The van der Waals surface area contributed by atoms with E-state index in [0.29, 0.717) is 6.54 Å². The second-order valence-corrected chi connectivity index (χ2v) is 5.96. The van der Waals surface area contributed by atoms with Gasteiger partial charge < -0.3 is 14.4 Å². The van der Waals surface area contributed by atoms with Gasteiger partial charge in [-0.15, -0.1) is 0 Å². The lowest BCUT2D eigenvalue weighted by Crippen LogP contribution is -2.39. The smallest absolute Gasteiger partial charge is 0.352 e. The summed E-state index contributed by atoms with van der Waals surface area (Å²) in [6.07, 6.45) is 1.21. The molecule has 1 heterocycles. The first-order valence-corrected chi connectivity index (χ1v) is 7.83. The number of carbonyl (C=O) groups excluding carboxylic acids is 1. The molecule has 1 atom stereocenters. The van der Waals surface area contributed by atoms with E-state index >= 15 is 0 Å². The van der Waals surface area contributed by atoms with Crippen LogP contribution in [0.15, 0.2) is 17.2 Å². The van der Waals surface area contributed by atoms with Crippen LogP contribution in [0.2, 0.25) is 0 Å². The molecule has 21 heavy (non-hydrogen) atoms. The third-order valence-electron chi connectivity index (χ3n) is 2.71. The summed E-state index contributed by atoms with van der Waals surface area (Å²) >= 11 is 0. The van der Waals surface area contributed by atoms with Crippen LogP contribution in [0.5, 0.6) is 0 Å². The fourth-order valence-corrected chi connectivity index (χ4v) is 2.92. The van der Waals surface area contributed by atoms with Crippen molar-refractivity contribution in [1.82, 2.24) is 9.29 Å². The van der Waals surface area contributed by atoms with Gasteiger partial charge in [-0.3, -0.25) is 4.79 Å². The molecular weight excluding hydrogens is 300 g/mol. The molecule has 0 radical (unpaired) electrons. The van der Waals surface area contributed by atoms with Crippen molar-refractivity contribution in [2.45, 2.75) is 38.3 Å². The summed E-state index contributed by atoms with van der Waals surface area (Å²) in [7, 11) is -4.00. The minimum atomic E-state index is -4.00. The van der Waals surface area contributed by atoms with E-state index in [2.05, 4.69) is 4.72 Å². The number of hydrogen-bond donors (Lipinski definition) is 2. The van der Waals surface area contributed by atoms with E-state index in [9.17, 15) is 18.0 Å². The Bertz CT molecular complexity index is 634. The van der Waals surface area contributed by atoms with Crippen LogP contribution in [0.25, 0.3) is 0 Å². The Balaban J connectivity index is 3.03. The van der Waals surface area contributed by atoms with E-state index < -0.39 is 28.0 Å². The molecule has 0 aliphatic heterocycles. The highest BCUT2D eigenvalue weighted by Gasteiger charge is 2.25. The summed E-state index contributed by atoms with van der Waals surface area (Å²) in [6, 6.07) is -0.0142. The van der Waals surface area contributed by atoms with Crippen molar-refractivity contribution < 1.29 is 27.9 Å². The van der Waals surface area contributed by atoms with Crippen molar-refractivity contribution in [3.8, 4) is 0 Å². The quantitative estimate of drug-likeness (QED) is 0.705. The molecule has 1 aromatic heterocycles. The van der Waals surface area contributed by atoms with Gasteiger partial charge in [-0.25, -0.2) is 13.2 Å². The predicted molar refractivity (Wildman–Crippen MR) is 73.5 cm³/mol. The van der Waals surface area contributed by atoms with Crippen molar-refractivity contribution in [3.05, 3.63) is 18.0 Å². The zero-order chi connectivity index (χ0) is 16.2. The van der Waals surface area contributed by atoms with Gasteiger partial charge in [-0.2, -0.15) is 4.72 Å². The maximum Gasteiger partial charge on any atom is 0.352 e. The van der Waals surface area contributed by atoms with Crippen LogP contribution in [0, 0.1) is 0 Å². The summed E-state index contributed by atoms with van der Waals surface area (Å²) in [6.45, 7) is 5.10. The molecule has 0 aromatic carbocycles. The fraction of sp³-hybridized carbons (Fsp3) is 0.500. The number of carboxylic acids is 1. The molecule has 0 aliphatic carbocycles. The number of carbonyl (C=O) groups is 2. The second-order valence-electron chi connectivity index (χ2n) is 4.25. The van der Waals surface area contributed by atoms with Gasteiger partial charge in [0.2, 0.25) is 10.0 Å². The van der Waals surface area contributed by atoms with E-state index in [1.165, 1.54) is 17.7 Å². The van der Waals surface area contributed by atoms with Gasteiger partial charge >= 0.3 is 11.9 Å². The van der Waals surface area contributed by atoms with E-state index in [1.54, 1.807) is 13.8 Å². The predicted octanol–water partition coefficient (Wildman–Crippen LogP) is 0.436. The summed E-state index contributed by atoms with van der Waals surface area (Å²) < 4.78 is 32.4. The molecule has 0 bridgehead atoms. The Hall–Kier alpha value is -1.87. The SMILES string of the molecule is CCOC(=O)C(C)NS(=O)(=O)c1cc(C(=O)O)n(CC)c1. The number of hydrogen-bond acceptors (Lipinski definition) is 5. The largest absolute Gasteiger partial charge is 0.477 e. The third-order valence-corrected chi connectivity index (χ3v) is 4.22. The summed E-state index contributed by atoms with van der Waals surface area (Å²) in [5.74, 6) is -1.92. The second kappa shape index (κ2) is 6.72. The van der Waals surface area contributed by atoms with Crippen LogP contribution < -0.4 is 4.72 Å². The maximum absolute atomic E-state index is 12.1. The zero-order valence-electron chi connectivity index (χ0n) is 12.0. The number of sulfonamides is 1. The van der Waals surface area contributed by atoms with Gasteiger partial charge in [-0.1, -0.05) is 0 Å². The van der Waals surface area contributed by atoms with Crippen LogP contribution >= 0.6 is 0 Å². The van der Waals surface area contributed by atoms with Crippen LogP contribution in [-0.4, -0.2) is 42.7 Å². The third kappa shape index (κ3) is 4.05. The molecule has 0 spiro atoms. The van der Waals surface area contributed by atoms with Gasteiger partial charge in [0.25, 0.3) is 0 Å². The fourth-order valence-electron chi connectivity index (χ4n) is 1.69. The summed E-state index contributed by atoms with van der Waals surface area (Å²) in [4.78, 5) is 22.3. The molecule has 0 fully saturated rings. The molecule has 0 aliphatic rings. The Labute approximate surface area is 122 Å². The first-order chi connectivity index (χ1) is 9.72. The average Bonchev–Trinajstić information content (AvgIpc) is 2.83. The van der Waals surface area contributed by atoms with Gasteiger partial charge in [-0.05, 0) is 26.8 Å². The number of rotatable bonds is 7. The molecule has 2 N–H and O–H groups in total. The Morgan fingerprint density at radius 2 is 2.05 bits per heavy atom. The van der Waals surface area contributed by atoms with Crippen molar-refractivity contribution in [2.75, 3.05) is 6.61 Å². The van der Waals surface area contributed by atoms with Crippen molar-refractivity contribution in [3.63, 3.8) is 0 Å². The lowest BCUT2D eigenvalue weighted by molar-refractivity contribution is -0.144. The molecular formula is C12H18N2O6S. The normalized spacial score (nSPS) is 12.9. The molecule has 1 rings (SSSR count). The molecule has 0 saturated carbocycles. The van der Waals surface area contributed by atoms with Gasteiger partial charge in [0.15, 0.2) is 0 Å². The topological polar surface area (TPSA) is 115 Å². The van der Waals surface area contributed by atoms with Crippen LogP contribution in [-0.2, 0) is 26.1 Å². The molecule has 0 amide bonds. The van der Waals surface area contributed by atoms with Crippen LogP contribution in [0.1, 0.15) is 31.3 Å². The Morgan fingerprint density at radius 3 is 2.48 bits per heavy atom. The number of nitrogens with zero attached hydrogens (tertiary/aromatic N) is 1. The molecule has 1 unspecified atom stereocenters. The first-order valence-electron chi connectivity index (χ1n) is 6.35. The monoisotopic (exact) mass is 318 g/mol. The minimum absolute atomic E-state index is 0.137. The summed E-state index contributed by atoms with van der Waals surface area (Å²) in [5.41, 5.74) is -0.137. The number of aromatic carboxylic acids is 1. The van der Waals surface area contributed by atoms with Gasteiger partial charge in [0.05, 0.1) is 6.61 Å². The molecule has 8 nitrogen and oxygen atoms in total. The molecule has 9 heteroatoms. The Morgan fingerprint density at radius 1 is 1.43 bits per heavy atom. The number of aryl methyl sites for hydroxylation is 1. The van der Waals surface area contributed by atoms with E-state index in [0.717, 1.165) is 6.07 Å². The van der Waals surface area contributed by atoms with Gasteiger partial charge in [0, 0.05) is 12.7 Å². The maximum atomic E-state index is 12.1. The highest BCUT2D eigenvalue weighted by molar-refractivity contribution is 7.89. The highest BCUT2D eigenvalue weighted by Crippen LogP contribution is 2.15. The standard InChI is InChI=1S/C12H18N2O6S/c1-4-14-7-9(6-10(14)11(15)16)21(18,19)13-8(3)12(17)20-5-2/h6-8,13H,4-5H2,1-3H3,(H,15,16). The van der Waals surface area contributed by atoms with Crippen LogP contribution in [0.3, 0.4) is 0 Å². The number of esters is 1. The van der Waals surface area contributed by atoms with E-state index in [4.69, 9.17) is 9.84 Å². The van der Waals surface area contributed by atoms with Crippen molar-refractivity contribution >= 4 is 22.0 Å². The minimum Gasteiger partial charge on any atom is -0.477 e. The summed E-state index contributed by atoms with van der Waals surface area (Å²) in [5, 5.41) is 9.01. The molecule has 1 aromatic rings. The van der Waals surface area contributed by atoms with E-state index in [-0.39, 0.29) is 17.2 Å². The average molecular weight is 318 g/mol. The zero-order valence-corrected chi connectivity index (χ0v) is 12.8. The lowest BCUT2D eigenvalue weighted by Gasteiger charge is -2.12. The number of aromatic nitrogens is 1. The highest BCUT2D eigenvalue weighted by atomic mass is 32.2. The van der Waals surface area contributed by atoms with Crippen LogP contribution in [0.4, 0.5) is 0 Å². The number of nitrogens with one attached hydrogen (secondary N) is 1. The number of carboxylic acid groups (broad SMARTS) is 1. The van der Waals surface area contributed by atoms with Gasteiger partial charge in [0.1, 0.15) is 16.6 Å². The lowest BCUT2D eigenvalue weighted by atomic mass is 10.4. The molecule has 118 valence electrons. The van der Waals surface area contributed by atoms with E-state index in [1.807, 2.05) is 0 Å². The number of ether oxygens (including phenoxy) is 1. The Kier molecular flexibility index (Phi) is 5.50. The molecule has 0 saturated heterocycles.